The molecule has 0 atom stereocenters. The molecule has 5 aromatic rings. The van der Waals surface area contributed by atoms with Gasteiger partial charge in [-0.2, -0.15) is 0 Å². The molecule has 0 saturated carbocycles. The van der Waals surface area contributed by atoms with Crippen LogP contribution in [-0.2, 0) is 0 Å². The van der Waals surface area contributed by atoms with Gasteiger partial charge in [-0.1, -0.05) is 12.1 Å². The van der Waals surface area contributed by atoms with Crippen LogP contribution in [0.2, 0.25) is 0 Å². The average molecular weight is 502 g/mol. The summed E-state index contributed by atoms with van der Waals surface area (Å²) in [7, 11) is 0. The van der Waals surface area contributed by atoms with Crippen molar-refractivity contribution in [2.75, 3.05) is 0 Å². The van der Waals surface area contributed by atoms with Crippen molar-refractivity contribution in [3.63, 3.8) is 0 Å². The van der Waals surface area contributed by atoms with Crippen LogP contribution in [0.4, 0.5) is 0 Å². The molecule has 0 saturated heterocycles. The number of nitrogens with zero attached hydrogens (tertiary/aromatic N) is 2. The van der Waals surface area contributed by atoms with E-state index >= 15 is 0 Å². The van der Waals surface area contributed by atoms with Crippen molar-refractivity contribution in [3.05, 3.63) is 68.5 Å². The van der Waals surface area contributed by atoms with Crippen molar-refractivity contribution in [2.45, 2.75) is 0 Å². The van der Waals surface area contributed by atoms with E-state index < -0.39 is 0 Å². The molecule has 0 aliphatic heterocycles. The van der Waals surface area contributed by atoms with Gasteiger partial charge >= 0.3 is 0 Å². The van der Waals surface area contributed by atoms with Crippen LogP contribution in [0.25, 0.3) is 42.7 Å². The standard InChI is InChI=1S/C20H10Br2N2S2/c21-17-5-3-15(25-17)13-7-11-1-2-12-8-14(16-4-6-18(22)26-16)10-24-20(12)19(11)23-9-13/h1-10H. The maximum absolute atomic E-state index is 4.73. The summed E-state index contributed by atoms with van der Waals surface area (Å²) in [4.78, 5) is 11.9. The normalized spacial score (nSPS) is 11.5. The minimum absolute atomic E-state index is 0.945. The number of fused-ring (bicyclic) bond motifs is 3. The summed E-state index contributed by atoms with van der Waals surface area (Å²) in [5, 5.41) is 2.22. The highest BCUT2D eigenvalue weighted by atomic mass is 79.9. The summed E-state index contributed by atoms with van der Waals surface area (Å²) >= 11 is 10.5. The number of thiophene rings is 2. The zero-order chi connectivity index (χ0) is 17.7. The minimum Gasteiger partial charge on any atom is -0.253 e. The first-order valence-corrected chi connectivity index (χ1v) is 11.1. The molecule has 0 N–H and O–H groups in total. The zero-order valence-electron chi connectivity index (χ0n) is 13.2. The van der Waals surface area contributed by atoms with Gasteiger partial charge in [0.1, 0.15) is 0 Å². The molecular weight excluding hydrogens is 492 g/mol. The molecule has 0 spiro atoms. The first kappa shape index (κ1) is 16.6. The van der Waals surface area contributed by atoms with E-state index in [0.29, 0.717) is 0 Å². The molecule has 4 heterocycles. The SMILES string of the molecule is Brc1ccc(-c2cnc3c(ccc4cc(-c5ccc(Br)s5)cnc43)c2)s1. The first-order chi connectivity index (χ1) is 12.7. The largest absolute Gasteiger partial charge is 0.253 e. The van der Waals surface area contributed by atoms with E-state index in [1.807, 2.05) is 12.4 Å². The fraction of sp³-hybridized carbons (Fsp3) is 0. The Morgan fingerprint density at radius 3 is 1.46 bits per heavy atom. The van der Waals surface area contributed by atoms with Crippen molar-refractivity contribution in [2.24, 2.45) is 0 Å². The van der Waals surface area contributed by atoms with Gasteiger partial charge in [0, 0.05) is 44.0 Å². The van der Waals surface area contributed by atoms with Gasteiger partial charge in [-0.15, -0.1) is 22.7 Å². The van der Waals surface area contributed by atoms with E-state index in [-0.39, 0.29) is 0 Å². The highest BCUT2D eigenvalue weighted by Gasteiger charge is 2.09. The van der Waals surface area contributed by atoms with Crippen molar-refractivity contribution in [1.82, 2.24) is 9.97 Å². The lowest BCUT2D eigenvalue weighted by molar-refractivity contribution is 1.38. The number of benzene rings is 1. The molecule has 0 unspecified atom stereocenters. The topological polar surface area (TPSA) is 25.8 Å². The summed E-state index contributed by atoms with van der Waals surface area (Å²) in [5.74, 6) is 0. The number of hydrogen-bond donors (Lipinski definition) is 0. The molecule has 26 heavy (non-hydrogen) atoms. The third kappa shape index (κ3) is 2.91. The Hall–Kier alpha value is -1.60. The molecule has 0 aliphatic carbocycles. The highest BCUT2D eigenvalue weighted by molar-refractivity contribution is 9.11. The Morgan fingerprint density at radius 1 is 0.615 bits per heavy atom. The van der Waals surface area contributed by atoms with Crippen molar-refractivity contribution in [1.29, 1.82) is 0 Å². The van der Waals surface area contributed by atoms with Crippen LogP contribution in [0.5, 0.6) is 0 Å². The lowest BCUT2D eigenvalue weighted by atomic mass is 10.1. The molecule has 126 valence electrons. The fourth-order valence-electron chi connectivity index (χ4n) is 3.00. The van der Waals surface area contributed by atoms with Crippen LogP contribution in [0.1, 0.15) is 0 Å². The fourth-order valence-corrected chi connectivity index (χ4v) is 5.74. The summed E-state index contributed by atoms with van der Waals surface area (Å²) < 4.78 is 2.25. The first-order valence-electron chi connectivity index (χ1n) is 7.87. The molecular formula is C20H10Br2N2S2. The van der Waals surface area contributed by atoms with Gasteiger partial charge in [0.15, 0.2) is 0 Å². The summed E-state index contributed by atoms with van der Waals surface area (Å²) in [6, 6.07) is 17.0. The molecule has 0 aliphatic rings. The number of pyridine rings is 2. The predicted octanol–water partition coefficient (Wildman–Crippen LogP) is 7.77. The Morgan fingerprint density at radius 2 is 1.08 bits per heavy atom. The van der Waals surface area contributed by atoms with E-state index in [1.54, 1.807) is 22.7 Å². The summed E-state index contributed by atoms with van der Waals surface area (Å²) in [6.45, 7) is 0. The molecule has 0 bridgehead atoms. The third-order valence-corrected chi connectivity index (χ3v) is 7.56. The van der Waals surface area contributed by atoms with Gasteiger partial charge in [-0.05, 0) is 68.3 Å². The van der Waals surface area contributed by atoms with Gasteiger partial charge < -0.3 is 0 Å². The lowest BCUT2D eigenvalue weighted by Crippen LogP contribution is -1.87. The predicted molar refractivity (Wildman–Crippen MR) is 119 cm³/mol. The van der Waals surface area contributed by atoms with Gasteiger partial charge in [0.2, 0.25) is 0 Å². The van der Waals surface area contributed by atoms with Crippen LogP contribution in [0.3, 0.4) is 0 Å². The molecule has 5 rings (SSSR count). The van der Waals surface area contributed by atoms with E-state index in [9.17, 15) is 0 Å². The van der Waals surface area contributed by atoms with Crippen LogP contribution in [-0.4, -0.2) is 9.97 Å². The third-order valence-electron chi connectivity index (χ3n) is 4.22. The summed E-state index contributed by atoms with van der Waals surface area (Å²) in [5.41, 5.74) is 4.15. The molecule has 4 aromatic heterocycles. The molecule has 0 radical (unpaired) electrons. The number of halogens is 2. The van der Waals surface area contributed by atoms with Gasteiger partial charge in [-0.3, -0.25) is 9.97 Å². The Labute approximate surface area is 174 Å². The molecule has 0 fully saturated rings. The van der Waals surface area contributed by atoms with E-state index in [4.69, 9.17) is 9.97 Å². The maximum Gasteiger partial charge on any atom is 0.0965 e. The number of rotatable bonds is 2. The van der Waals surface area contributed by atoms with E-state index in [1.165, 1.54) is 9.75 Å². The van der Waals surface area contributed by atoms with Crippen LogP contribution in [0.15, 0.2) is 68.5 Å². The second-order valence-electron chi connectivity index (χ2n) is 5.86. The molecule has 6 heteroatoms. The maximum atomic E-state index is 4.73. The highest BCUT2D eigenvalue weighted by Crippen LogP contribution is 2.35. The molecule has 0 amide bonds. The van der Waals surface area contributed by atoms with Crippen LogP contribution in [0, 0.1) is 0 Å². The molecule has 1 aromatic carbocycles. The van der Waals surface area contributed by atoms with Crippen molar-refractivity contribution in [3.8, 4) is 20.9 Å². The molecule has 2 nitrogen and oxygen atoms in total. The van der Waals surface area contributed by atoms with Gasteiger partial charge in [-0.25, -0.2) is 0 Å². The van der Waals surface area contributed by atoms with Crippen LogP contribution >= 0.6 is 54.5 Å². The van der Waals surface area contributed by atoms with Gasteiger partial charge in [0.25, 0.3) is 0 Å². The second-order valence-corrected chi connectivity index (χ2v) is 10.8. The second kappa shape index (κ2) is 6.53. The Bertz CT molecular complexity index is 1170. The zero-order valence-corrected chi connectivity index (χ0v) is 18.0. The summed E-state index contributed by atoms with van der Waals surface area (Å²) in [6.07, 6.45) is 3.87. The minimum atomic E-state index is 0.945. The smallest absolute Gasteiger partial charge is 0.0965 e. The Kier molecular flexibility index (Phi) is 4.16. The van der Waals surface area contributed by atoms with E-state index in [0.717, 1.165) is 40.5 Å². The Balaban J connectivity index is 1.65. The monoisotopic (exact) mass is 500 g/mol. The average Bonchev–Trinajstić information content (AvgIpc) is 3.29. The number of aromatic nitrogens is 2. The van der Waals surface area contributed by atoms with Crippen LogP contribution < -0.4 is 0 Å². The van der Waals surface area contributed by atoms with Crippen molar-refractivity contribution < 1.29 is 0 Å². The van der Waals surface area contributed by atoms with Crippen molar-refractivity contribution >= 4 is 76.3 Å². The number of hydrogen-bond acceptors (Lipinski definition) is 4. The van der Waals surface area contributed by atoms with E-state index in [2.05, 4.69) is 80.4 Å². The quantitative estimate of drug-likeness (QED) is 0.231. The van der Waals surface area contributed by atoms with Gasteiger partial charge in [0.05, 0.1) is 18.6 Å². The lowest BCUT2D eigenvalue weighted by Gasteiger charge is -2.06.